The SMILES string of the molecule is CCc1c(CN)[nH]c2c(C)c(C)ccc12. The second-order valence-corrected chi connectivity index (χ2v) is 4.07. The smallest absolute Gasteiger partial charge is 0.0491 e. The molecule has 1 aromatic heterocycles. The van der Waals surface area contributed by atoms with Gasteiger partial charge in [0.2, 0.25) is 0 Å². The van der Waals surface area contributed by atoms with E-state index in [0.717, 1.165) is 6.42 Å². The fourth-order valence-electron chi connectivity index (χ4n) is 2.20. The first-order chi connectivity index (χ1) is 7.19. The van der Waals surface area contributed by atoms with E-state index in [2.05, 4.69) is 37.9 Å². The van der Waals surface area contributed by atoms with Gasteiger partial charge in [0.25, 0.3) is 0 Å². The molecule has 0 aliphatic rings. The van der Waals surface area contributed by atoms with Crippen molar-refractivity contribution >= 4 is 10.9 Å². The number of fused-ring (bicyclic) bond motifs is 1. The molecule has 0 saturated carbocycles. The summed E-state index contributed by atoms with van der Waals surface area (Å²) in [6.07, 6.45) is 1.04. The fraction of sp³-hybridized carbons (Fsp3) is 0.385. The van der Waals surface area contributed by atoms with Gasteiger partial charge in [-0.15, -0.1) is 0 Å². The molecule has 2 nitrogen and oxygen atoms in total. The predicted octanol–water partition coefficient (Wildman–Crippen LogP) is 2.81. The van der Waals surface area contributed by atoms with Crippen molar-refractivity contribution in [3.05, 3.63) is 34.5 Å². The van der Waals surface area contributed by atoms with Crippen LogP contribution in [0.2, 0.25) is 0 Å². The summed E-state index contributed by atoms with van der Waals surface area (Å²) in [7, 11) is 0. The van der Waals surface area contributed by atoms with Crippen LogP contribution in [0.15, 0.2) is 12.1 Å². The Morgan fingerprint density at radius 3 is 2.60 bits per heavy atom. The Hall–Kier alpha value is -1.28. The Morgan fingerprint density at radius 1 is 1.27 bits per heavy atom. The van der Waals surface area contributed by atoms with Gasteiger partial charge in [0, 0.05) is 23.1 Å². The first-order valence-electron chi connectivity index (χ1n) is 5.48. The van der Waals surface area contributed by atoms with Crippen LogP contribution in [-0.4, -0.2) is 4.98 Å². The van der Waals surface area contributed by atoms with Gasteiger partial charge in [-0.05, 0) is 37.0 Å². The molecule has 0 atom stereocenters. The summed E-state index contributed by atoms with van der Waals surface area (Å²) < 4.78 is 0. The van der Waals surface area contributed by atoms with Crippen LogP contribution in [0, 0.1) is 13.8 Å². The molecule has 0 radical (unpaired) electrons. The van der Waals surface area contributed by atoms with Crippen molar-refractivity contribution in [2.45, 2.75) is 33.7 Å². The van der Waals surface area contributed by atoms with Crippen molar-refractivity contribution in [3.63, 3.8) is 0 Å². The van der Waals surface area contributed by atoms with Gasteiger partial charge in [0.1, 0.15) is 0 Å². The summed E-state index contributed by atoms with van der Waals surface area (Å²) >= 11 is 0. The van der Waals surface area contributed by atoms with Gasteiger partial charge < -0.3 is 10.7 Å². The molecule has 1 heterocycles. The molecular weight excluding hydrogens is 184 g/mol. The Kier molecular flexibility index (Phi) is 2.53. The van der Waals surface area contributed by atoms with Gasteiger partial charge in [-0.3, -0.25) is 0 Å². The third-order valence-electron chi connectivity index (χ3n) is 3.26. The highest BCUT2D eigenvalue weighted by Crippen LogP contribution is 2.27. The first-order valence-corrected chi connectivity index (χ1v) is 5.48. The second-order valence-electron chi connectivity index (χ2n) is 4.07. The third kappa shape index (κ3) is 1.45. The lowest BCUT2D eigenvalue weighted by molar-refractivity contribution is 0.973. The maximum Gasteiger partial charge on any atom is 0.0491 e. The molecule has 0 amide bonds. The fourth-order valence-corrected chi connectivity index (χ4v) is 2.20. The molecule has 0 unspecified atom stereocenters. The lowest BCUT2D eigenvalue weighted by Crippen LogP contribution is -1.99. The third-order valence-corrected chi connectivity index (χ3v) is 3.26. The highest BCUT2D eigenvalue weighted by molar-refractivity contribution is 5.88. The maximum atomic E-state index is 5.75. The van der Waals surface area contributed by atoms with Gasteiger partial charge in [-0.2, -0.15) is 0 Å². The standard InChI is InChI=1S/C13H18N2/c1-4-10-11-6-5-8(2)9(3)13(11)15-12(10)7-14/h5-6,15H,4,7,14H2,1-3H3. The Bertz CT molecular complexity index is 495. The van der Waals surface area contributed by atoms with E-state index < -0.39 is 0 Å². The minimum atomic E-state index is 0.594. The quantitative estimate of drug-likeness (QED) is 0.772. The van der Waals surface area contributed by atoms with Gasteiger partial charge in [0.15, 0.2) is 0 Å². The van der Waals surface area contributed by atoms with Crippen molar-refractivity contribution in [3.8, 4) is 0 Å². The van der Waals surface area contributed by atoms with Crippen LogP contribution in [-0.2, 0) is 13.0 Å². The molecule has 0 saturated heterocycles. The maximum absolute atomic E-state index is 5.75. The van der Waals surface area contributed by atoms with E-state index >= 15 is 0 Å². The summed E-state index contributed by atoms with van der Waals surface area (Å²) in [5, 5.41) is 1.33. The molecule has 0 spiro atoms. The summed E-state index contributed by atoms with van der Waals surface area (Å²) in [4.78, 5) is 3.45. The number of aryl methyl sites for hydroxylation is 3. The van der Waals surface area contributed by atoms with E-state index in [0.29, 0.717) is 6.54 Å². The van der Waals surface area contributed by atoms with Crippen molar-refractivity contribution in [1.29, 1.82) is 0 Å². The highest BCUT2D eigenvalue weighted by atomic mass is 14.8. The average molecular weight is 202 g/mol. The number of aromatic nitrogens is 1. The van der Waals surface area contributed by atoms with E-state index in [4.69, 9.17) is 5.73 Å². The number of hydrogen-bond acceptors (Lipinski definition) is 1. The van der Waals surface area contributed by atoms with E-state index in [-0.39, 0.29) is 0 Å². The van der Waals surface area contributed by atoms with Gasteiger partial charge in [-0.25, -0.2) is 0 Å². The van der Waals surface area contributed by atoms with Crippen LogP contribution < -0.4 is 5.73 Å². The Labute approximate surface area is 90.5 Å². The number of nitrogens with two attached hydrogens (primary N) is 1. The summed E-state index contributed by atoms with van der Waals surface area (Å²) in [5.41, 5.74) is 12.2. The van der Waals surface area contributed by atoms with Crippen molar-refractivity contribution in [1.82, 2.24) is 4.98 Å². The van der Waals surface area contributed by atoms with E-state index in [1.165, 1.54) is 33.3 Å². The minimum Gasteiger partial charge on any atom is -0.357 e. The number of rotatable bonds is 2. The number of H-pyrrole nitrogens is 1. The Morgan fingerprint density at radius 2 is 2.00 bits per heavy atom. The monoisotopic (exact) mass is 202 g/mol. The van der Waals surface area contributed by atoms with E-state index in [9.17, 15) is 0 Å². The van der Waals surface area contributed by atoms with E-state index in [1.807, 2.05) is 0 Å². The Balaban J connectivity index is 2.82. The molecule has 2 rings (SSSR count). The molecule has 0 aliphatic heterocycles. The average Bonchev–Trinajstić information content (AvgIpc) is 2.61. The zero-order chi connectivity index (χ0) is 11.0. The molecular formula is C13H18N2. The molecule has 80 valence electrons. The number of hydrogen-bond donors (Lipinski definition) is 2. The van der Waals surface area contributed by atoms with Crippen LogP contribution in [0.4, 0.5) is 0 Å². The van der Waals surface area contributed by atoms with Crippen LogP contribution >= 0.6 is 0 Å². The summed E-state index contributed by atoms with van der Waals surface area (Å²) in [5.74, 6) is 0. The van der Waals surface area contributed by atoms with Gasteiger partial charge in [-0.1, -0.05) is 19.1 Å². The molecule has 0 bridgehead atoms. The number of aromatic amines is 1. The normalized spacial score (nSPS) is 11.2. The number of benzene rings is 1. The summed E-state index contributed by atoms with van der Waals surface area (Å²) in [6.45, 7) is 7.07. The van der Waals surface area contributed by atoms with Crippen molar-refractivity contribution in [2.75, 3.05) is 0 Å². The second kappa shape index (κ2) is 3.70. The van der Waals surface area contributed by atoms with E-state index in [1.54, 1.807) is 0 Å². The molecule has 0 aliphatic carbocycles. The predicted molar refractivity (Wildman–Crippen MR) is 65.0 cm³/mol. The largest absolute Gasteiger partial charge is 0.357 e. The zero-order valence-corrected chi connectivity index (χ0v) is 9.65. The van der Waals surface area contributed by atoms with Crippen LogP contribution in [0.3, 0.4) is 0 Å². The molecule has 3 N–H and O–H groups in total. The first kappa shape index (κ1) is 10.2. The lowest BCUT2D eigenvalue weighted by Gasteiger charge is -2.01. The van der Waals surface area contributed by atoms with Crippen LogP contribution in [0.1, 0.15) is 29.3 Å². The molecule has 15 heavy (non-hydrogen) atoms. The van der Waals surface area contributed by atoms with Crippen LogP contribution in [0.25, 0.3) is 10.9 Å². The zero-order valence-electron chi connectivity index (χ0n) is 9.65. The minimum absolute atomic E-state index is 0.594. The van der Waals surface area contributed by atoms with Gasteiger partial charge >= 0.3 is 0 Å². The lowest BCUT2D eigenvalue weighted by atomic mass is 10.0. The molecule has 0 fully saturated rings. The van der Waals surface area contributed by atoms with Crippen molar-refractivity contribution in [2.24, 2.45) is 5.73 Å². The summed E-state index contributed by atoms with van der Waals surface area (Å²) in [6, 6.07) is 4.39. The number of nitrogens with one attached hydrogen (secondary N) is 1. The van der Waals surface area contributed by atoms with Gasteiger partial charge in [0.05, 0.1) is 0 Å². The molecule has 2 heteroatoms. The highest BCUT2D eigenvalue weighted by Gasteiger charge is 2.10. The van der Waals surface area contributed by atoms with Crippen LogP contribution in [0.5, 0.6) is 0 Å². The van der Waals surface area contributed by atoms with Crippen molar-refractivity contribution < 1.29 is 0 Å². The molecule has 1 aromatic carbocycles. The molecule has 2 aromatic rings. The topological polar surface area (TPSA) is 41.8 Å².